The van der Waals surface area contributed by atoms with Crippen molar-refractivity contribution < 1.29 is 13.2 Å². The van der Waals surface area contributed by atoms with Gasteiger partial charge < -0.3 is 10.6 Å². The van der Waals surface area contributed by atoms with E-state index in [0.717, 1.165) is 19.1 Å². The van der Waals surface area contributed by atoms with Crippen LogP contribution >= 0.6 is 11.6 Å². The van der Waals surface area contributed by atoms with E-state index in [0.29, 0.717) is 16.8 Å². The third-order valence-electron chi connectivity index (χ3n) is 3.55. The maximum absolute atomic E-state index is 11.9. The second kappa shape index (κ2) is 6.77. The van der Waals surface area contributed by atoms with Crippen LogP contribution in [0.3, 0.4) is 0 Å². The maximum atomic E-state index is 11.9. The third kappa shape index (κ3) is 4.69. The normalized spacial score (nSPS) is 16.1. The molecule has 0 unspecified atom stereocenters. The Morgan fingerprint density at radius 3 is 2.62 bits per heavy atom. The average molecular weight is 331 g/mol. The maximum Gasteiger partial charge on any atom is 0.238 e. The summed E-state index contributed by atoms with van der Waals surface area (Å²) in [6.45, 7) is 0.199. The number of rotatable bonds is 5. The molecule has 2 N–H and O–H groups in total. The molecule has 2 rings (SSSR count). The Morgan fingerprint density at radius 2 is 2.00 bits per heavy atom. The Morgan fingerprint density at radius 1 is 1.33 bits per heavy atom. The number of hydrogen-bond donors (Lipinski definition) is 2. The summed E-state index contributed by atoms with van der Waals surface area (Å²) in [5.74, 6) is -0.227. The summed E-state index contributed by atoms with van der Waals surface area (Å²) < 4.78 is 23.0. The van der Waals surface area contributed by atoms with Crippen LogP contribution in [0.5, 0.6) is 0 Å². The van der Waals surface area contributed by atoms with Crippen molar-refractivity contribution in [2.45, 2.75) is 36.6 Å². The summed E-state index contributed by atoms with van der Waals surface area (Å²) in [6.07, 6.45) is 5.70. The molecule has 0 atom stereocenters. The molecule has 0 radical (unpaired) electrons. The molecule has 116 valence electrons. The number of amides is 1. The van der Waals surface area contributed by atoms with Gasteiger partial charge in [-0.3, -0.25) is 4.79 Å². The first-order valence-corrected chi connectivity index (χ1v) is 9.16. The lowest BCUT2D eigenvalue weighted by molar-refractivity contribution is -0.115. The lowest BCUT2D eigenvalue weighted by atomic mass is 10.2. The lowest BCUT2D eigenvalue weighted by Gasteiger charge is -2.13. The summed E-state index contributed by atoms with van der Waals surface area (Å²) in [7, 11) is -3.33. The van der Waals surface area contributed by atoms with Gasteiger partial charge in [0.2, 0.25) is 5.91 Å². The van der Waals surface area contributed by atoms with E-state index in [9.17, 15) is 13.2 Å². The van der Waals surface area contributed by atoms with Crippen LogP contribution in [0.15, 0.2) is 23.1 Å². The van der Waals surface area contributed by atoms with Gasteiger partial charge >= 0.3 is 0 Å². The first-order chi connectivity index (χ1) is 9.86. The number of carbonyl (C=O) groups excluding carboxylic acids is 1. The Hall–Kier alpha value is -1.11. The van der Waals surface area contributed by atoms with Crippen LogP contribution in [-0.4, -0.2) is 33.2 Å². The number of benzene rings is 1. The number of hydrogen-bond acceptors (Lipinski definition) is 4. The second-order valence-corrected chi connectivity index (χ2v) is 7.75. The standard InChI is InChI=1S/C14H19ClN2O3S/c1-21(19,20)11-6-7-12(15)13(8-11)17-14(18)9-16-10-4-2-3-5-10/h6-8,10,16H,2-5,9H2,1H3,(H,17,18). The Balaban J connectivity index is 1.99. The van der Waals surface area contributed by atoms with E-state index in [1.54, 1.807) is 0 Å². The van der Waals surface area contributed by atoms with Crippen LogP contribution < -0.4 is 10.6 Å². The molecule has 0 aliphatic heterocycles. The smallest absolute Gasteiger partial charge is 0.238 e. The van der Waals surface area contributed by atoms with E-state index in [-0.39, 0.29) is 17.3 Å². The minimum atomic E-state index is -3.33. The van der Waals surface area contributed by atoms with Crippen molar-refractivity contribution in [2.24, 2.45) is 0 Å². The average Bonchev–Trinajstić information content (AvgIpc) is 2.91. The van der Waals surface area contributed by atoms with Gasteiger partial charge in [-0.1, -0.05) is 24.4 Å². The van der Waals surface area contributed by atoms with Gasteiger partial charge in [-0.05, 0) is 31.0 Å². The minimum absolute atomic E-state index is 0.131. The van der Waals surface area contributed by atoms with E-state index >= 15 is 0 Å². The summed E-state index contributed by atoms with van der Waals surface area (Å²) in [4.78, 5) is 12.0. The van der Waals surface area contributed by atoms with Gasteiger partial charge in [0.25, 0.3) is 0 Å². The van der Waals surface area contributed by atoms with Gasteiger partial charge in [-0.25, -0.2) is 8.42 Å². The van der Waals surface area contributed by atoms with Crippen LogP contribution in [0.2, 0.25) is 5.02 Å². The fraction of sp³-hybridized carbons (Fsp3) is 0.500. The van der Waals surface area contributed by atoms with Crippen LogP contribution in [0.4, 0.5) is 5.69 Å². The molecule has 1 aromatic carbocycles. The lowest BCUT2D eigenvalue weighted by Crippen LogP contribution is -2.34. The molecule has 1 saturated carbocycles. The summed E-state index contributed by atoms with van der Waals surface area (Å²) >= 11 is 5.99. The van der Waals surface area contributed by atoms with Crippen molar-refractivity contribution in [3.05, 3.63) is 23.2 Å². The molecular formula is C14H19ClN2O3S. The largest absolute Gasteiger partial charge is 0.324 e. The van der Waals surface area contributed by atoms with Crippen molar-refractivity contribution >= 4 is 33.0 Å². The van der Waals surface area contributed by atoms with Gasteiger partial charge in [-0.15, -0.1) is 0 Å². The Labute approximate surface area is 130 Å². The molecule has 1 amide bonds. The van der Waals surface area contributed by atoms with Crippen molar-refractivity contribution in [3.8, 4) is 0 Å². The molecule has 21 heavy (non-hydrogen) atoms. The topological polar surface area (TPSA) is 75.3 Å². The van der Waals surface area contributed by atoms with E-state index in [2.05, 4.69) is 10.6 Å². The van der Waals surface area contributed by atoms with Crippen molar-refractivity contribution in [1.29, 1.82) is 0 Å². The summed E-state index contributed by atoms with van der Waals surface area (Å²) in [5.41, 5.74) is 0.317. The zero-order chi connectivity index (χ0) is 15.5. The third-order valence-corrected chi connectivity index (χ3v) is 4.99. The first kappa shape index (κ1) is 16.3. The molecule has 1 aliphatic rings. The quantitative estimate of drug-likeness (QED) is 0.868. The molecule has 1 aromatic rings. The monoisotopic (exact) mass is 330 g/mol. The molecular weight excluding hydrogens is 312 g/mol. The zero-order valence-corrected chi connectivity index (χ0v) is 13.4. The van der Waals surface area contributed by atoms with Gasteiger partial charge in [0, 0.05) is 12.3 Å². The number of sulfone groups is 1. The SMILES string of the molecule is CS(=O)(=O)c1ccc(Cl)c(NC(=O)CNC2CCCC2)c1. The van der Waals surface area contributed by atoms with Gasteiger partial charge in [-0.2, -0.15) is 0 Å². The van der Waals surface area contributed by atoms with E-state index in [1.165, 1.54) is 31.0 Å². The van der Waals surface area contributed by atoms with E-state index in [1.807, 2.05) is 0 Å². The number of anilines is 1. The number of nitrogens with one attached hydrogen (secondary N) is 2. The second-order valence-electron chi connectivity index (χ2n) is 5.32. The van der Waals surface area contributed by atoms with Crippen molar-refractivity contribution in [2.75, 3.05) is 18.1 Å². The minimum Gasteiger partial charge on any atom is -0.324 e. The Bertz CT molecular complexity index is 625. The molecule has 0 heterocycles. The van der Waals surface area contributed by atoms with Crippen LogP contribution in [0.1, 0.15) is 25.7 Å². The van der Waals surface area contributed by atoms with Crippen LogP contribution in [0.25, 0.3) is 0 Å². The summed E-state index contributed by atoms with van der Waals surface area (Å²) in [6, 6.07) is 4.67. The van der Waals surface area contributed by atoms with Gasteiger partial charge in [0.1, 0.15) is 0 Å². The highest BCUT2D eigenvalue weighted by Gasteiger charge is 2.16. The van der Waals surface area contributed by atoms with E-state index < -0.39 is 9.84 Å². The molecule has 1 fully saturated rings. The van der Waals surface area contributed by atoms with Crippen molar-refractivity contribution in [3.63, 3.8) is 0 Å². The number of halogens is 1. The molecule has 0 aromatic heterocycles. The van der Waals surface area contributed by atoms with Crippen LogP contribution in [-0.2, 0) is 14.6 Å². The van der Waals surface area contributed by atoms with Crippen molar-refractivity contribution in [1.82, 2.24) is 5.32 Å². The zero-order valence-electron chi connectivity index (χ0n) is 11.9. The molecule has 0 saturated heterocycles. The fourth-order valence-electron chi connectivity index (χ4n) is 2.39. The van der Waals surface area contributed by atoms with E-state index in [4.69, 9.17) is 11.6 Å². The summed E-state index contributed by atoms with van der Waals surface area (Å²) in [5, 5.41) is 6.16. The predicted octanol–water partition coefficient (Wildman–Crippen LogP) is 2.21. The highest BCUT2D eigenvalue weighted by atomic mass is 35.5. The highest BCUT2D eigenvalue weighted by molar-refractivity contribution is 7.90. The molecule has 0 spiro atoms. The molecule has 1 aliphatic carbocycles. The number of carbonyl (C=O) groups is 1. The van der Waals surface area contributed by atoms with Gasteiger partial charge in [0.05, 0.1) is 22.2 Å². The fourth-order valence-corrected chi connectivity index (χ4v) is 3.20. The predicted molar refractivity (Wildman–Crippen MR) is 83.5 cm³/mol. The van der Waals surface area contributed by atoms with Gasteiger partial charge in [0.15, 0.2) is 9.84 Å². The van der Waals surface area contributed by atoms with Crippen LogP contribution in [0, 0.1) is 0 Å². The first-order valence-electron chi connectivity index (χ1n) is 6.89. The molecule has 7 heteroatoms. The highest BCUT2D eigenvalue weighted by Crippen LogP contribution is 2.25. The molecule has 5 nitrogen and oxygen atoms in total. The Kier molecular flexibility index (Phi) is 5.24. The molecule has 0 bridgehead atoms.